The van der Waals surface area contributed by atoms with E-state index in [1.54, 1.807) is 12.1 Å². The lowest BCUT2D eigenvalue weighted by Gasteiger charge is -2.15. The zero-order valence-electron chi connectivity index (χ0n) is 13.3. The van der Waals surface area contributed by atoms with Gasteiger partial charge in [-0.1, -0.05) is 0 Å². The van der Waals surface area contributed by atoms with Gasteiger partial charge in [0.2, 0.25) is 5.91 Å². The molecule has 1 aromatic carbocycles. The van der Waals surface area contributed by atoms with E-state index in [2.05, 4.69) is 0 Å². The molecule has 3 rings (SSSR count). The van der Waals surface area contributed by atoms with Crippen LogP contribution < -0.4 is 10.4 Å². The van der Waals surface area contributed by atoms with Crippen LogP contribution in [0.5, 0.6) is 5.75 Å². The van der Waals surface area contributed by atoms with E-state index in [-0.39, 0.29) is 11.5 Å². The highest BCUT2D eigenvalue weighted by Gasteiger charge is 2.17. The molecule has 0 bridgehead atoms. The molecule has 5 heteroatoms. The molecule has 0 spiro atoms. The number of carbonyl (C=O) groups excluding carboxylic acids is 1. The Bertz CT molecular complexity index is 759. The summed E-state index contributed by atoms with van der Waals surface area (Å²) in [5.41, 5.74) is 1.08. The Labute approximate surface area is 134 Å². The molecule has 1 aromatic heterocycles. The number of aryl methyl sites for hydroxylation is 1. The minimum Gasteiger partial charge on any atom is -0.494 e. The summed E-state index contributed by atoms with van der Waals surface area (Å²) >= 11 is 0. The average molecular weight is 315 g/mol. The Hall–Kier alpha value is -2.30. The van der Waals surface area contributed by atoms with E-state index in [1.165, 1.54) is 6.07 Å². The predicted octanol–water partition coefficient (Wildman–Crippen LogP) is 2.88. The molecule has 23 heavy (non-hydrogen) atoms. The van der Waals surface area contributed by atoms with Crippen LogP contribution in [0.2, 0.25) is 0 Å². The maximum atomic E-state index is 11.9. The van der Waals surface area contributed by atoms with Gasteiger partial charge in [0.25, 0.3) is 0 Å². The zero-order chi connectivity index (χ0) is 16.2. The molecule has 0 aliphatic carbocycles. The van der Waals surface area contributed by atoms with Crippen molar-refractivity contribution in [2.75, 3.05) is 19.7 Å². The van der Waals surface area contributed by atoms with E-state index < -0.39 is 0 Å². The number of carbonyl (C=O) groups is 1. The standard InChI is InChI=1S/C18H21NO4/c1-13-11-18(21)23-16-7-6-14(12-15(13)16)22-10-4-5-17(20)19-8-2-3-9-19/h6-7,11-12H,2-5,8-10H2,1H3. The summed E-state index contributed by atoms with van der Waals surface area (Å²) in [5.74, 6) is 0.949. The number of fused-ring (bicyclic) bond motifs is 1. The Kier molecular flexibility index (Phi) is 4.65. The second-order valence-corrected chi connectivity index (χ2v) is 5.95. The molecule has 1 fully saturated rings. The summed E-state index contributed by atoms with van der Waals surface area (Å²) in [6.07, 6.45) is 3.47. The van der Waals surface area contributed by atoms with Crippen LogP contribution in [-0.2, 0) is 4.79 Å². The van der Waals surface area contributed by atoms with Crippen molar-refractivity contribution in [3.8, 4) is 5.75 Å². The van der Waals surface area contributed by atoms with Crippen molar-refractivity contribution in [3.63, 3.8) is 0 Å². The molecule has 0 saturated carbocycles. The van der Waals surface area contributed by atoms with Crippen LogP contribution in [0.15, 0.2) is 33.5 Å². The lowest BCUT2D eigenvalue weighted by Crippen LogP contribution is -2.27. The molecule has 0 radical (unpaired) electrons. The van der Waals surface area contributed by atoms with Crippen LogP contribution in [0.3, 0.4) is 0 Å². The van der Waals surface area contributed by atoms with E-state index in [0.29, 0.717) is 25.0 Å². The largest absolute Gasteiger partial charge is 0.494 e. The van der Waals surface area contributed by atoms with Crippen molar-refractivity contribution in [1.82, 2.24) is 4.90 Å². The fraction of sp³-hybridized carbons (Fsp3) is 0.444. The van der Waals surface area contributed by atoms with Gasteiger partial charge in [-0.05, 0) is 49.9 Å². The Morgan fingerprint density at radius 2 is 2.04 bits per heavy atom. The van der Waals surface area contributed by atoms with Crippen molar-refractivity contribution in [1.29, 1.82) is 0 Å². The van der Waals surface area contributed by atoms with Crippen LogP contribution in [0.4, 0.5) is 0 Å². The minimum atomic E-state index is -0.343. The first-order valence-electron chi connectivity index (χ1n) is 8.08. The first-order chi connectivity index (χ1) is 11.1. The highest BCUT2D eigenvalue weighted by atomic mass is 16.5. The van der Waals surface area contributed by atoms with Crippen molar-refractivity contribution < 1.29 is 13.9 Å². The SMILES string of the molecule is Cc1cc(=O)oc2ccc(OCCCC(=O)N3CCCC3)cc12. The summed E-state index contributed by atoms with van der Waals surface area (Å²) in [7, 11) is 0. The number of hydrogen-bond donors (Lipinski definition) is 0. The normalized spacial score (nSPS) is 14.4. The molecule has 5 nitrogen and oxygen atoms in total. The van der Waals surface area contributed by atoms with E-state index in [4.69, 9.17) is 9.15 Å². The van der Waals surface area contributed by atoms with Gasteiger partial charge in [0.1, 0.15) is 11.3 Å². The van der Waals surface area contributed by atoms with Gasteiger partial charge in [0.05, 0.1) is 6.61 Å². The van der Waals surface area contributed by atoms with E-state index in [1.807, 2.05) is 17.9 Å². The molecule has 1 amide bonds. The monoisotopic (exact) mass is 315 g/mol. The van der Waals surface area contributed by atoms with Gasteiger partial charge in [-0.2, -0.15) is 0 Å². The summed E-state index contributed by atoms with van der Waals surface area (Å²) in [5, 5.41) is 0.871. The van der Waals surface area contributed by atoms with Gasteiger partial charge in [0.15, 0.2) is 0 Å². The van der Waals surface area contributed by atoms with Gasteiger partial charge in [-0.25, -0.2) is 4.79 Å². The number of likely N-dealkylation sites (tertiary alicyclic amines) is 1. The first-order valence-corrected chi connectivity index (χ1v) is 8.08. The molecule has 1 aliphatic heterocycles. The molecule has 0 atom stereocenters. The third kappa shape index (κ3) is 3.73. The van der Waals surface area contributed by atoms with Crippen molar-refractivity contribution in [2.45, 2.75) is 32.6 Å². The number of benzene rings is 1. The van der Waals surface area contributed by atoms with E-state index in [0.717, 1.165) is 42.6 Å². The average Bonchev–Trinajstić information content (AvgIpc) is 3.06. The number of amides is 1. The van der Waals surface area contributed by atoms with Gasteiger partial charge >= 0.3 is 5.63 Å². The van der Waals surface area contributed by atoms with Crippen LogP contribution in [0.25, 0.3) is 11.0 Å². The predicted molar refractivity (Wildman–Crippen MR) is 87.8 cm³/mol. The quantitative estimate of drug-likeness (QED) is 0.629. The Morgan fingerprint density at radius 3 is 2.83 bits per heavy atom. The number of hydrogen-bond acceptors (Lipinski definition) is 4. The van der Waals surface area contributed by atoms with Crippen LogP contribution in [0, 0.1) is 6.92 Å². The van der Waals surface area contributed by atoms with Gasteiger partial charge < -0.3 is 14.1 Å². The molecule has 2 aromatic rings. The topological polar surface area (TPSA) is 59.8 Å². The fourth-order valence-electron chi connectivity index (χ4n) is 2.93. The Morgan fingerprint density at radius 1 is 1.26 bits per heavy atom. The van der Waals surface area contributed by atoms with Crippen LogP contribution in [-0.4, -0.2) is 30.5 Å². The highest BCUT2D eigenvalue weighted by Crippen LogP contribution is 2.22. The molecule has 1 saturated heterocycles. The van der Waals surface area contributed by atoms with E-state index in [9.17, 15) is 9.59 Å². The molecule has 1 aliphatic rings. The summed E-state index contributed by atoms with van der Waals surface area (Å²) in [4.78, 5) is 25.2. The van der Waals surface area contributed by atoms with Crippen molar-refractivity contribution >= 4 is 16.9 Å². The number of nitrogens with zero attached hydrogens (tertiary/aromatic N) is 1. The summed E-state index contributed by atoms with van der Waals surface area (Å²) in [6, 6.07) is 6.87. The van der Waals surface area contributed by atoms with Crippen molar-refractivity contribution in [3.05, 3.63) is 40.2 Å². The molecular formula is C18H21NO4. The molecule has 122 valence electrons. The smallest absolute Gasteiger partial charge is 0.336 e. The summed E-state index contributed by atoms with van der Waals surface area (Å²) < 4.78 is 10.9. The molecule has 0 N–H and O–H groups in total. The maximum Gasteiger partial charge on any atom is 0.336 e. The zero-order valence-corrected chi connectivity index (χ0v) is 13.3. The number of ether oxygens (including phenoxy) is 1. The molecule has 2 heterocycles. The summed E-state index contributed by atoms with van der Waals surface area (Å²) in [6.45, 7) is 4.17. The highest BCUT2D eigenvalue weighted by molar-refractivity contribution is 5.81. The fourth-order valence-corrected chi connectivity index (χ4v) is 2.93. The second-order valence-electron chi connectivity index (χ2n) is 5.95. The van der Waals surface area contributed by atoms with Gasteiger partial charge in [-0.15, -0.1) is 0 Å². The minimum absolute atomic E-state index is 0.224. The number of rotatable bonds is 5. The van der Waals surface area contributed by atoms with Crippen molar-refractivity contribution in [2.24, 2.45) is 0 Å². The molecule has 0 unspecified atom stereocenters. The lowest BCUT2D eigenvalue weighted by molar-refractivity contribution is -0.130. The third-order valence-electron chi connectivity index (χ3n) is 4.18. The third-order valence-corrected chi connectivity index (χ3v) is 4.18. The molecular weight excluding hydrogens is 294 g/mol. The Balaban J connectivity index is 1.55. The lowest BCUT2D eigenvalue weighted by atomic mass is 10.1. The van der Waals surface area contributed by atoms with E-state index >= 15 is 0 Å². The van der Waals surface area contributed by atoms with Gasteiger partial charge in [0, 0.05) is 31.0 Å². The first kappa shape index (κ1) is 15.6. The van der Waals surface area contributed by atoms with Crippen LogP contribution >= 0.6 is 0 Å². The second kappa shape index (κ2) is 6.86. The maximum absolute atomic E-state index is 11.9. The van der Waals surface area contributed by atoms with Crippen LogP contribution in [0.1, 0.15) is 31.2 Å². The van der Waals surface area contributed by atoms with Gasteiger partial charge in [-0.3, -0.25) is 4.79 Å².